The monoisotopic (exact) mass is 239 g/mol. The number of benzene rings is 2. The van der Waals surface area contributed by atoms with Crippen molar-refractivity contribution in [2.45, 2.75) is 19.3 Å². The molecule has 0 unspecified atom stereocenters. The van der Waals surface area contributed by atoms with E-state index in [-0.39, 0.29) is 11.8 Å². The molecule has 90 valence electrons. The maximum absolute atomic E-state index is 12.0. The molecule has 0 atom stereocenters. The van der Waals surface area contributed by atoms with Crippen LogP contribution in [0.2, 0.25) is 0 Å². The van der Waals surface area contributed by atoms with Gasteiger partial charge in [-0.25, -0.2) is 4.90 Å². The molecule has 1 heterocycles. The Morgan fingerprint density at radius 3 is 2.28 bits per heavy atom. The van der Waals surface area contributed by atoms with Crippen molar-refractivity contribution >= 4 is 28.3 Å². The zero-order valence-electron chi connectivity index (χ0n) is 9.93. The van der Waals surface area contributed by atoms with E-state index in [9.17, 15) is 9.59 Å². The SMILES string of the molecule is O=C1CCCC(=O)N1c1cccc2ccccc12. The third-order valence-electron chi connectivity index (χ3n) is 3.29. The first-order chi connectivity index (χ1) is 8.77. The number of nitrogens with zero attached hydrogens (tertiary/aromatic N) is 1. The summed E-state index contributed by atoms with van der Waals surface area (Å²) in [7, 11) is 0. The van der Waals surface area contributed by atoms with Crippen LogP contribution in [0, 0.1) is 0 Å². The zero-order valence-corrected chi connectivity index (χ0v) is 9.93. The molecule has 1 fully saturated rings. The van der Waals surface area contributed by atoms with E-state index in [1.807, 2.05) is 42.5 Å². The van der Waals surface area contributed by atoms with Gasteiger partial charge in [0.05, 0.1) is 5.69 Å². The van der Waals surface area contributed by atoms with Gasteiger partial charge in [0.15, 0.2) is 0 Å². The fraction of sp³-hybridized carbons (Fsp3) is 0.200. The Kier molecular flexibility index (Phi) is 2.59. The molecule has 0 spiro atoms. The van der Waals surface area contributed by atoms with Crippen LogP contribution in [-0.4, -0.2) is 11.8 Å². The zero-order chi connectivity index (χ0) is 12.5. The smallest absolute Gasteiger partial charge is 0.233 e. The van der Waals surface area contributed by atoms with Crippen molar-refractivity contribution in [1.82, 2.24) is 0 Å². The molecule has 18 heavy (non-hydrogen) atoms. The largest absolute Gasteiger partial charge is 0.274 e. The molecular weight excluding hydrogens is 226 g/mol. The first kappa shape index (κ1) is 11.0. The Hall–Kier alpha value is -2.16. The van der Waals surface area contributed by atoms with Gasteiger partial charge in [-0.15, -0.1) is 0 Å². The summed E-state index contributed by atoms with van der Waals surface area (Å²) in [5.74, 6) is -0.190. The molecule has 3 rings (SSSR count). The third-order valence-corrected chi connectivity index (χ3v) is 3.29. The fourth-order valence-electron chi connectivity index (χ4n) is 2.43. The lowest BCUT2D eigenvalue weighted by molar-refractivity contribution is -0.128. The Bertz CT molecular complexity index is 612. The van der Waals surface area contributed by atoms with Crippen molar-refractivity contribution in [1.29, 1.82) is 0 Å². The number of carbonyl (C=O) groups excluding carboxylic acids is 2. The minimum atomic E-state index is -0.0948. The van der Waals surface area contributed by atoms with Crippen LogP contribution < -0.4 is 4.90 Å². The van der Waals surface area contributed by atoms with E-state index in [2.05, 4.69) is 0 Å². The van der Waals surface area contributed by atoms with Gasteiger partial charge in [0, 0.05) is 18.2 Å². The number of rotatable bonds is 1. The number of anilines is 1. The molecule has 0 radical (unpaired) electrons. The predicted octanol–water partition coefficient (Wildman–Crippen LogP) is 2.88. The highest BCUT2D eigenvalue weighted by atomic mass is 16.2. The van der Waals surface area contributed by atoms with Gasteiger partial charge >= 0.3 is 0 Å². The Morgan fingerprint density at radius 2 is 1.50 bits per heavy atom. The maximum Gasteiger partial charge on any atom is 0.233 e. The van der Waals surface area contributed by atoms with Crippen molar-refractivity contribution in [2.24, 2.45) is 0 Å². The van der Waals surface area contributed by atoms with Crippen LogP contribution in [0.5, 0.6) is 0 Å². The number of amides is 2. The number of fused-ring (bicyclic) bond motifs is 1. The molecule has 2 aromatic rings. The number of hydrogen-bond donors (Lipinski definition) is 0. The summed E-state index contributed by atoms with van der Waals surface area (Å²) in [5, 5.41) is 1.99. The molecular formula is C15H13NO2. The van der Waals surface area contributed by atoms with Gasteiger partial charge in [-0.2, -0.15) is 0 Å². The molecule has 0 N–H and O–H groups in total. The first-order valence-electron chi connectivity index (χ1n) is 6.11. The van der Waals surface area contributed by atoms with E-state index < -0.39 is 0 Å². The van der Waals surface area contributed by atoms with E-state index in [4.69, 9.17) is 0 Å². The van der Waals surface area contributed by atoms with E-state index in [0.717, 1.165) is 10.8 Å². The van der Waals surface area contributed by atoms with Crippen LogP contribution in [0.4, 0.5) is 5.69 Å². The maximum atomic E-state index is 12.0. The second kappa shape index (κ2) is 4.26. The summed E-state index contributed by atoms with van der Waals surface area (Å²) in [6, 6.07) is 13.5. The summed E-state index contributed by atoms with van der Waals surface area (Å²) < 4.78 is 0. The van der Waals surface area contributed by atoms with Gasteiger partial charge in [-0.1, -0.05) is 36.4 Å². The quantitative estimate of drug-likeness (QED) is 0.717. The lowest BCUT2D eigenvalue weighted by Gasteiger charge is -2.26. The molecule has 0 saturated carbocycles. The average Bonchev–Trinajstić information content (AvgIpc) is 2.39. The molecule has 0 bridgehead atoms. The summed E-state index contributed by atoms with van der Waals surface area (Å²) in [6.07, 6.45) is 1.57. The summed E-state index contributed by atoms with van der Waals surface area (Å²) in [6.45, 7) is 0. The molecule has 1 aliphatic rings. The lowest BCUT2D eigenvalue weighted by atomic mass is 10.0. The normalized spacial score (nSPS) is 16.3. The van der Waals surface area contributed by atoms with Crippen LogP contribution >= 0.6 is 0 Å². The van der Waals surface area contributed by atoms with Crippen molar-refractivity contribution in [2.75, 3.05) is 4.90 Å². The van der Waals surface area contributed by atoms with E-state index in [0.29, 0.717) is 24.9 Å². The minimum Gasteiger partial charge on any atom is -0.274 e. The van der Waals surface area contributed by atoms with Crippen LogP contribution in [0.3, 0.4) is 0 Å². The summed E-state index contributed by atoms with van der Waals surface area (Å²) in [5.41, 5.74) is 0.711. The minimum absolute atomic E-state index is 0.0948. The van der Waals surface area contributed by atoms with Crippen molar-refractivity contribution in [3.05, 3.63) is 42.5 Å². The van der Waals surface area contributed by atoms with Crippen LogP contribution in [0.25, 0.3) is 10.8 Å². The Morgan fingerprint density at radius 1 is 0.833 bits per heavy atom. The van der Waals surface area contributed by atoms with Crippen molar-refractivity contribution in [3.63, 3.8) is 0 Å². The van der Waals surface area contributed by atoms with Crippen LogP contribution in [0.1, 0.15) is 19.3 Å². The molecule has 0 aliphatic carbocycles. The van der Waals surface area contributed by atoms with Gasteiger partial charge in [0.25, 0.3) is 0 Å². The second-order valence-electron chi connectivity index (χ2n) is 4.47. The highest BCUT2D eigenvalue weighted by molar-refractivity contribution is 6.20. The number of hydrogen-bond acceptors (Lipinski definition) is 2. The van der Waals surface area contributed by atoms with Crippen LogP contribution in [-0.2, 0) is 9.59 Å². The molecule has 1 saturated heterocycles. The van der Waals surface area contributed by atoms with Gasteiger partial charge in [0.2, 0.25) is 11.8 Å². The molecule has 3 heteroatoms. The van der Waals surface area contributed by atoms with E-state index in [1.165, 1.54) is 4.90 Å². The fourth-order valence-corrected chi connectivity index (χ4v) is 2.43. The van der Waals surface area contributed by atoms with Crippen molar-refractivity contribution in [3.8, 4) is 0 Å². The van der Waals surface area contributed by atoms with E-state index >= 15 is 0 Å². The Balaban J connectivity index is 2.19. The predicted molar refractivity (Wildman–Crippen MR) is 70.3 cm³/mol. The van der Waals surface area contributed by atoms with E-state index in [1.54, 1.807) is 0 Å². The number of piperidine rings is 1. The molecule has 0 aromatic heterocycles. The number of imide groups is 1. The molecule has 2 amide bonds. The molecule has 2 aromatic carbocycles. The highest BCUT2D eigenvalue weighted by Gasteiger charge is 2.28. The molecule has 3 nitrogen and oxygen atoms in total. The highest BCUT2D eigenvalue weighted by Crippen LogP contribution is 2.29. The summed E-state index contributed by atoms with van der Waals surface area (Å²) in [4.78, 5) is 25.2. The third kappa shape index (κ3) is 1.68. The summed E-state index contributed by atoms with van der Waals surface area (Å²) >= 11 is 0. The van der Waals surface area contributed by atoms with Gasteiger partial charge in [0.1, 0.15) is 0 Å². The van der Waals surface area contributed by atoms with Crippen molar-refractivity contribution < 1.29 is 9.59 Å². The molecule has 1 aliphatic heterocycles. The van der Waals surface area contributed by atoms with Gasteiger partial charge < -0.3 is 0 Å². The number of carbonyl (C=O) groups is 2. The average molecular weight is 239 g/mol. The van der Waals surface area contributed by atoms with Crippen LogP contribution in [0.15, 0.2) is 42.5 Å². The Labute approximate surface area is 105 Å². The lowest BCUT2D eigenvalue weighted by Crippen LogP contribution is -2.40. The second-order valence-corrected chi connectivity index (χ2v) is 4.47. The first-order valence-corrected chi connectivity index (χ1v) is 6.11. The topological polar surface area (TPSA) is 37.4 Å². The van der Waals surface area contributed by atoms with Gasteiger partial charge in [-0.3, -0.25) is 9.59 Å². The standard InChI is InChI=1S/C15H13NO2/c17-14-9-4-10-15(18)16(14)13-8-3-6-11-5-1-2-7-12(11)13/h1-3,5-8H,4,9-10H2. The van der Waals surface area contributed by atoms with Gasteiger partial charge in [-0.05, 0) is 17.9 Å².